The Morgan fingerprint density at radius 1 is 1.38 bits per heavy atom. The molecule has 0 aliphatic heterocycles. The molecule has 0 unspecified atom stereocenters. The smallest absolute Gasteiger partial charge is 0.311 e. The van der Waals surface area contributed by atoms with E-state index in [-0.39, 0.29) is 12.4 Å². The molecule has 0 aliphatic carbocycles. The summed E-state index contributed by atoms with van der Waals surface area (Å²) in [6, 6.07) is 0. The fourth-order valence-corrected chi connectivity index (χ4v) is 1.05. The van der Waals surface area contributed by atoms with Gasteiger partial charge in [0.25, 0.3) is 0 Å². The average molecular weight is 187 g/mol. The summed E-state index contributed by atoms with van der Waals surface area (Å²) in [5.74, 6) is -1.40. The lowest BCUT2D eigenvalue weighted by molar-refractivity contribution is -0.305. The maximum Gasteiger partial charge on any atom is 0.311 e. The Bertz CT molecular complexity index is 196. The van der Waals surface area contributed by atoms with Crippen molar-refractivity contribution in [3.8, 4) is 0 Å². The third-order valence-electron chi connectivity index (χ3n) is 1.92. The van der Waals surface area contributed by atoms with Crippen LogP contribution in [0.5, 0.6) is 0 Å². The van der Waals surface area contributed by atoms with E-state index in [1.54, 1.807) is 13.8 Å². The summed E-state index contributed by atoms with van der Waals surface area (Å²) in [4.78, 5) is 21.2. The second kappa shape index (κ2) is 4.84. The quantitative estimate of drug-likeness (QED) is 0.573. The van der Waals surface area contributed by atoms with Crippen LogP contribution >= 0.6 is 0 Å². The van der Waals surface area contributed by atoms with Gasteiger partial charge in [-0.05, 0) is 33.1 Å². The Kier molecular flexibility index (Phi) is 4.45. The molecule has 0 bridgehead atoms. The third kappa shape index (κ3) is 4.50. The molecule has 0 fully saturated rings. The molecule has 0 rings (SSSR count). The average Bonchev–Trinajstić information content (AvgIpc) is 2.01. The largest absolute Gasteiger partial charge is 0.550 e. The number of carboxylic acid groups (broad SMARTS) is 1. The molecule has 76 valence electrons. The number of rotatable bonds is 5. The molecule has 0 aromatic rings. The van der Waals surface area contributed by atoms with Crippen molar-refractivity contribution >= 4 is 11.9 Å². The van der Waals surface area contributed by atoms with Crippen LogP contribution in [-0.4, -0.2) is 19.0 Å². The van der Waals surface area contributed by atoms with E-state index in [1.165, 1.54) is 7.11 Å². The fourth-order valence-electron chi connectivity index (χ4n) is 1.05. The maximum absolute atomic E-state index is 11.1. The summed E-state index contributed by atoms with van der Waals surface area (Å²) in [6.07, 6.45) is 0.915. The Hall–Kier alpha value is -1.06. The van der Waals surface area contributed by atoms with E-state index >= 15 is 0 Å². The van der Waals surface area contributed by atoms with Crippen molar-refractivity contribution in [1.82, 2.24) is 0 Å². The van der Waals surface area contributed by atoms with E-state index in [2.05, 4.69) is 4.74 Å². The van der Waals surface area contributed by atoms with E-state index in [1.807, 2.05) is 0 Å². The fraction of sp³-hybridized carbons (Fsp3) is 0.778. The molecule has 0 heterocycles. The first kappa shape index (κ1) is 11.9. The van der Waals surface area contributed by atoms with E-state index in [9.17, 15) is 14.7 Å². The molecule has 13 heavy (non-hydrogen) atoms. The number of esters is 1. The van der Waals surface area contributed by atoms with Crippen molar-refractivity contribution in [3.05, 3.63) is 0 Å². The summed E-state index contributed by atoms with van der Waals surface area (Å²) < 4.78 is 4.57. The normalized spacial score (nSPS) is 11.0. The van der Waals surface area contributed by atoms with Gasteiger partial charge in [0.15, 0.2) is 0 Å². The minimum absolute atomic E-state index is 0.0135. The van der Waals surface area contributed by atoms with Gasteiger partial charge in [-0.3, -0.25) is 4.79 Å². The molecule has 0 saturated heterocycles. The zero-order valence-corrected chi connectivity index (χ0v) is 8.25. The standard InChI is InChI=1S/C9H16O4/c1-9(2,8(12)13-3)6-4-5-7(10)11/h4-6H2,1-3H3,(H,10,11)/p-1. The molecule has 0 amide bonds. The molecular weight excluding hydrogens is 172 g/mol. The summed E-state index contributed by atoms with van der Waals surface area (Å²) in [7, 11) is 1.32. The van der Waals surface area contributed by atoms with Crippen LogP contribution < -0.4 is 5.11 Å². The van der Waals surface area contributed by atoms with Gasteiger partial charge in [0.2, 0.25) is 0 Å². The zero-order chi connectivity index (χ0) is 10.5. The van der Waals surface area contributed by atoms with Crippen LogP contribution in [0, 0.1) is 5.41 Å². The van der Waals surface area contributed by atoms with Gasteiger partial charge >= 0.3 is 5.97 Å². The van der Waals surface area contributed by atoms with Gasteiger partial charge in [-0.2, -0.15) is 0 Å². The lowest BCUT2D eigenvalue weighted by Crippen LogP contribution is -2.27. The monoisotopic (exact) mass is 187 g/mol. The molecule has 4 nitrogen and oxygen atoms in total. The van der Waals surface area contributed by atoms with Crippen molar-refractivity contribution in [1.29, 1.82) is 0 Å². The highest BCUT2D eigenvalue weighted by Crippen LogP contribution is 2.24. The summed E-state index contributed by atoms with van der Waals surface area (Å²) in [5.41, 5.74) is -0.607. The number of hydrogen-bond donors (Lipinski definition) is 0. The third-order valence-corrected chi connectivity index (χ3v) is 1.92. The highest BCUT2D eigenvalue weighted by Gasteiger charge is 2.27. The molecule has 0 spiro atoms. The number of ether oxygens (including phenoxy) is 1. The molecule has 0 aromatic carbocycles. The highest BCUT2D eigenvalue weighted by molar-refractivity contribution is 5.75. The van der Waals surface area contributed by atoms with Gasteiger partial charge in [-0.25, -0.2) is 0 Å². The highest BCUT2D eigenvalue weighted by atomic mass is 16.5. The molecule has 0 aromatic heterocycles. The van der Waals surface area contributed by atoms with Gasteiger partial charge < -0.3 is 14.6 Å². The van der Waals surface area contributed by atoms with E-state index in [4.69, 9.17) is 0 Å². The number of aliphatic carboxylic acids is 1. The molecule has 4 heteroatoms. The van der Waals surface area contributed by atoms with Gasteiger partial charge in [-0.1, -0.05) is 0 Å². The minimum atomic E-state index is -1.08. The summed E-state index contributed by atoms with van der Waals surface area (Å²) in [6.45, 7) is 3.46. The lowest BCUT2D eigenvalue weighted by atomic mass is 9.87. The van der Waals surface area contributed by atoms with Crippen molar-refractivity contribution < 1.29 is 19.4 Å². The van der Waals surface area contributed by atoms with E-state index < -0.39 is 11.4 Å². The molecule has 0 atom stereocenters. The topological polar surface area (TPSA) is 66.4 Å². The number of hydrogen-bond acceptors (Lipinski definition) is 4. The van der Waals surface area contributed by atoms with Crippen molar-refractivity contribution in [2.45, 2.75) is 33.1 Å². The van der Waals surface area contributed by atoms with E-state index in [0.717, 1.165) is 0 Å². The molecule has 0 saturated carbocycles. The van der Waals surface area contributed by atoms with Crippen molar-refractivity contribution in [3.63, 3.8) is 0 Å². The Labute approximate surface area is 77.9 Å². The van der Waals surface area contributed by atoms with Crippen LogP contribution in [0.4, 0.5) is 0 Å². The van der Waals surface area contributed by atoms with Crippen molar-refractivity contribution in [2.75, 3.05) is 7.11 Å². The number of carbonyl (C=O) groups is 2. The molecular formula is C9H15O4-. The second-order valence-corrected chi connectivity index (χ2v) is 3.60. The Balaban J connectivity index is 3.89. The van der Waals surface area contributed by atoms with Gasteiger partial charge in [0.05, 0.1) is 12.5 Å². The number of methoxy groups -OCH3 is 1. The van der Waals surface area contributed by atoms with Crippen molar-refractivity contribution in [2.24, 2.45) is 5.41 Å². The predicted octanol–water partition coefficient (Wildman–Crippen LogP) is 0.106. The maximum atomic E-state index is 11.1. The van der Waals surface area contributed by atoms with Crippen LogP contribution in [0.3, 0.4) is 0 Å². The molecule has 0 radical (unpaired) electrons. The van der Waals surface area contributed by atoms with Gasteiger partial charge in [-0.15, -0.1) is 0 Å². The first-order valence-corrected chi connectivity index (χ1v) is 4.18. The second-order valence-electron chi connectivity index (χ2n) is 3.60. The van der Waals surface area contributed by atoms with Gasteiger partial charge in [0, 0.05) is 5.97 Å². The Morgan fingerprint density at radius 3 is 2.31 bits per heavy atom. The number of carbonyl (C=O) groups excluding carboxylic acids is 2. The lowest BCUT2D eigenvalue weighted by Gasteiger charge is -2.21. The summed E-state index contributed by atoms with van der Waals surface area (Å²) in [5, 5.41) is 10.1. The predicted molar refractivity (Wildman–Crippen MR) is 44.7 cm³/mol. The first-order valence-electron chi connectivity index (χ1n) is 4.18. The summed E-state index contributed by atoms with van der Waals surface area (Å²) >= 11 is 0. The van der Waals surface area contributed by atoms with E-state index in [0.29, 0.717) is 12.8 Å². The van der Waals surface area contributed by atoms with Crippen LogP contribution in [0.2, 0.25) is 0 Å². The van der Waals surface area contributed by atoms with Crippen LogP contribution in [-0.2, 0) is 14.3 Å². The van der Waals surface area contributed by atoms with Gasteiger partial charge in [0.1, 0.15) is 0 Å². The van der Waals surface area contributed by atoms with Crippen LogP contribution in [0.25, 0.3) is 0 Å². The van der Waals surface area contributed by atoms with Crippen LogP contribution in [0.15, 0.2) is 0 Å². The molecule has 0 aliphatic rings. The zero-order valence-electron chi connectivity index (χ0n) is 8.25. The SMILES string of the molecule is COC(=O)C(C)(C)CCCC(=O)[O-]. The van der Waals surface area contributed by atoms with Crippen LogP contribution in [0.1, 0.15) is 33.1 Å². The first-order chi connectivity index (χ1) is 5.90. The minimum Gasteiger partial charge on any atom is -0.550 e. The Morgan fingerprint density at radius 2 is 1.92 bits per heavy atom. The number of carboxylic acids is 1. The molecule has 0 N–H and O–H groups in total.